The van der Waals surface area contributed by atoms with E-state index in [0.29, 0.717) is 15.8 Å². The second-order valence-electron chi connectivity index (χ2n) is 4.59. The van der Waals surface area contributed by atoms with Gasteiger partial charge in [0.1, 0.15) is 11.5 Å². The number of hydrogen-bond donors (Lipinski definition) is 1. The Hall–Kier alpha value is -0.870. The highest BCUT2D eigenvalue weighted by atomic mass is 35.5. The molecule has 0 aliphatic rings. The molecule has 2 rings (SSSR count). The summed E-state index contributed by atoms with van der Waals surface area (Å²) in [5.41, 5.74) is 1.11. The molecule has 2 aromatic rings. The molecule has 2 aromatic carbocycles. The van der Waals surface area contributed by atoms with E-state index in [-0.39, 0.29) is 6.04 Å². The van der Waals surface area contributed by atoms with Crippen molar-refractivity contribution in [2.75, 3.05) is 13.3 Å². The van der Waals surface area contributed by atoms with Crippen molar-refractivity contribution in [3.8, 4) is 11.5 Å². The standard InChI is InChI=1S/C16H17Cl2NOS/c1-10(19-2)13-9-12(21-3)5-7-16(13)20-11-4-6-14(17)15(18)8-11/h4-10,19H,1-3H3. The van der Waals surface area contributed by atoms with E-state index in [1.807, 2.05) is 25.2 Å². The third kappa shape index (κ3) is 4.07. The lowest BCUT2D eigenvalue weighted by atomic mass is 10.1. The number of halogens is 2. The molecule has 5 heteroatoms. The van der Waals surface area contributed by atoms with Crippen molar-refractivity contribution >= 4 is 35.0 Å². The first-order valence-corrected chi connectivity index (χ1v) is 8.51. The Morgan fingerprint density at radius 3 is 2.48 bits per heavy atom. The highest BCUT2D eigenvalue weighted by molar-refractivity contribution is 7.98. The lowest BCUT2D eigenvalue weighted by Gasteiger charge is -2.17. The Morgan fingerprint density at radius 2 is 1.86 bits per heavy atom. The summed E-state index contributed by atoms with van der Waals surface area (Å²) in [7, 11) is 1.93. The average Bonchev–Trinajstić information content (AvgIpc) is 2.50. The van der Waals surface area contributed by atoms with Crippen LogP contribution in [-0.4, -0.2) is 13.3 Å². The van der Waals surface area contributed by atoms with E-state index < -0.39 is 0 Å². The van der Waals surface area contributed by atoms with Crippen LogP contribution in [0.5, 0.6) is 11.5 Å². The van der Waals surface area contributed by atoms with Gasteiger partial charge >= 0.3 is 0 Å². The maximum Gasteiger partial charge on any atom is 0.132 e. The van der Waals surface area contributed by atoms with Crippen LogP contribution >= 0.6 is 35.0 Å². The van der Waals surface area contributed by atoms with E-state index in [1.165, 1.54) is 4.90 Å². The van der Waals surface area contributed by atoms with Crippen molar-refractivity contribution in [3.63, 3.8) is 0 Å². The second kappa shape index (κ2) is 7.41. The largest absolute Gasteiger partial charge is 0.457 e. The first-order valence-electron chi connectivity index (χ1n) is 6.53. The van der Waals surface area contributed by atoms with Gasteiger partial charge in [0.05, 0.1) is 10.0 Å². The molecule has 0 saturated heterocycles. The van der Waals surface area contributed by atoms with Crippen molar-refractivity contribution in [3.05, 3.63) is 52.0 Å². The summed E-state index contributed by atoms with van der Waals surface area (Å²) in [6.45, 7) is 2.10. The van der Waals surface area contributed by atoms with Crippen LogP contribution in [0.3, 0.4) is 0 Å². The van der Waals surface area contributed by atoms with E-state index in [1.54, 1.807) is 23.9 Å². The summed E-state index contributed by atoms with van der Waals surface area (Å²) >= 11 is 13.7. The summed E-state index contributed by atoms with van der Waals surface area (Å²) in [6, 6.07) is 11.6. The molecule has 1 N–H and O–H groups in total. The van der Waals surface area contributed by atoms with Crippen molar-refractivity contribution in [1.29, 1.82) is 0 Å². The van der Waals surface area contributed by atoms with E-state index in [2.05, 4.69) is 24.6 Å². The Bertz CT molecular complexity index is 634. The SMILES string of the molecule is CNC(C)c1cc(SC)ccc1Oc1ccc(Cl)c(Cl)c1. The van der Waals surface area contributed by atoms with Crippen LogP contribution < -0.4 is 10.1 Å². The summed E-state index contributed by atoms with van der Waals surface area (Å²) in [5.74, 6) is 1.49. The molecule has 0 heterocycles. The van der Waals surface area contributed by atoms with E-state index in [4.69, 9.17) is 27.9 Å². The quantitative estimate of drug-likeness (QED) is 0.695. The third-order valence-electron chi connectivity index (χ3n) is 3.24. The number of hydrogen-bond acceptors (Lipinski definition) is 3. The fraction of sp³-hybridized carbons (Fsp3) is 0.250. The average molecular weight is 342 g/mol. The summed E-state index contributed by atoms with van der Waals surface area (Å²) in [5, 5.41) is 4.25. The summed E-state index contributed by atoms with van der Waals surface area (Å²) < 4.78 is 5.98. The maximum atomic E-state index is 6.03. The first-order chi connectivity index (χ1) is 10.0. The monoisotopic (exact) mass is 341 g/mol. The van der Waals surface area contributed by atoms with Gasteiger partial charge in [-0.25, -0.2) is 0 Å². The van der Waals surface area contributed by atoms with Gasteiger partial charge in [-0.15, -0.1) is 11.8 Å². The molecule has 1 atom stereocenters. The lowest BCUT2D eigenvalue weighted by Crippen LogP contribution is -2.13. The third-order valence-corrected chi connectivity index (χ3v) is 4.70. The van der Waals surface area contributed by atoms with Gasteiger partial charge in [-0.1, -0.05) is 23.2 Å². The van der Waals surface area contributed by atoms with Crippen molar-refractivity contribution < 1.29 is 4.74 Å². The molecule has 0 fully saturated rings. The molecule has 1 unspecified atom stereocenters. The topological polar surface area (TPSA) is 21.3 Å². The Balaban J connectivity index is 2.36. The molecular formula is C16H17Cl2NOS. The van der Waals surface area contributed by atoms with Gasteiger partial charge in [-0.05, 0) is 50.6 Å². The van der Waals surface area contributed by atoms with Crippen molar-refractivity contribution in [2.24, 2.45) is 0 Å². The molecule has 112 valence electrons. The fourth-order valence-corrected chi connectivity index (χ4v) is 2.64. The zero-order valence-electron chi connectivity index (χ0n) is 12.1. The van der Waals surface area contributed by atoms with Crippen LogP contribution in [0, 0.1) is 0 Å². The summed E-state index contributed by atoms with van der Waals surface area (Å²) in [6.07, 6.45) is 2.06. The highest BCUT2D eigenvalue weighted by Gasteiger charge is 2.12. The molecule has 21 heavy (non-hydrogen) atoms. The fourth-order valence-electron chi connectivity index (χ4n) is 1.91. The Labute approximate surface area is 139 Å². The normalized spacial score (nSPS) is 12.2. The second-order valence-corrected chi connectivity index (χ2v) is 6.29. The smallest absolute Gasteiger partial charge is 0.132 e. The van der Waals surface area contributed by atoms with Gasteiger partial charge in [-0.2, -0.15) is 0 Å². The zero-order valence-corrected chi connectivity index (χ0v) is 14.4. The molecule has 0 saturated carbocycles. The molecule has 0 radical (unpaired) electrons. The Kier molecular flexibility index (Phi) is 5.82. The molecular weight excluding hydrogens is 325 g/mol. The van der Waals surface area contributed by atoms with Gasteiger partial charge in [0, 0.05) is 22.6 Å². The van der Waals surface area contributed by atoms with Crippen LogP contribution in [0.25, 0.3) is 0 Å². The van der Waals surface area contributed by atoms with Crippen LogP contribution in [0.1, 0.15) is 18.5 Å². The van der Waals surface area contributed by atoms with Gasteiger partial charge < -0.3 is 10.1 Å². The molecule has 0 bridgehead atoms. The number of thioether (sulfide) groups is 1. The minimum Gasteiger partial charge on any atom is -0.457 e. The minimum atomic E-state index is 0.190. The van der Waals surface area contributed by atoms with Crippen LogP contribution in [0.15, 0.2) is 41.3 Å². The van der Waals surface area contributed by atoms with Crippen molar-refractivity contribution in [1.82, 2.24) is 5.32 Å². The molecule has 0 aliphatic carbocycles. The predicted octanol–water partition coefficient (Wildman–Crippen LogP) is 5.79. The lowest BCUT2D eigenvalue weighted by molar-refractivity contribution is 0.465. The van der Waals surface area contributed by atoms with E-state index >= 15 is 0 Å². The maximum absolute atomic E-state index is 6.03. The highest BCUT2D eigenvalue weighted by Crippen LogP contribution is 2.34. The molecule has 0 amide bonds. The van der Waals surface area contributed by atoms with Gasteiger partial charge in [0.2, 0.25) is 0 Å². The Morgan fingerprint density at radius 1 is 1.10 bits per heavy atom. The van der Waals surface area contributed by atoms with Crippen LogP contribution in [0.4, 0.5) is 0 Å². The van der Waals surface area contributed by atoms with Crippen LogP contribution in [-0.2, 0) is 0 Å². The molecule has 0 aromatic heterocycles. The molecule has 2 nitrogen and oxygen atoms in total. The summed E-state index contributed by atoms with van der Waals surface area (Å²) in [4.78, 5) is 1.20. The number of benzene rings is 2. The number of nitrogens with one attached hydrogen (secondary N) is 1. The van der Waals surface area contributed by atoms with Crippen molar-refractivity contribution in [2.45, 2.75) is 17.9 Å². The number of rotatable bonds is 5. The first kappa shape index (κ1) is 16.5. The molecule has 0 aliphatic heterocycles. The van der Waals surface area contributed by atoms with Gasteiger partial charge in [-0.3, -0.25) is 0 Å². The van der Waals surface area contributed by atoms with Gasteiger partial charge in [0.15, 0.2) is 0 Å². The van der Waals surface area contributed by atoms with E-state index in [0.717, 1.165) is 11.3 Å². The minimum absolute atomic E-state index is 0.190. The predicted molar refractivity (Wildman–Crippen MR) is 92.2 cm³/mol. The zero-order chi connectivity index (χ0) is 15.4. The molecule has 0 spiro atoms. The van der Waals surface area contributed by atoms with E-state index in [9.17, 15) is 0 Å². The van der Waals surface area contributed by atoms with Crippen LogP contribution in [0.2, 0.25) is 10.0 Å². The van der Waals surface area contributed by atoms with Gasteiger partial charge in [0.25, 0.3) is 0 Å². The number of ether oxygens (including phenoxy) is 1.